The van der Waals surface area contributed by atoms with Crippen molar-refractivity contribution in [3.05, 3.63) is 29.1 Å². The quantitative estimate of drug-likeness (QED) is 0.444. The second-order valence-corrected chi connectivity index (χ2v) is 12.9. The van der Waals surface area contributed by atoms with Gasteiger partial charge in [0.05, 0.1) is 28.6 Å². The molecule has 1 aromatic rings. The van der Waals surface area contributed by atoms with Crippen LogP contribution in [0.15, 0.2) is 12.1 Å². The van der Waals surface area contributed by atoms with Gasteiger partial charge in [-0.05, 0) is 94.1 Å². The molecule has 9 heteroatoms. The minimum atomic E-state index is -0.843. The Kier molecular flexibility index (Phi) is 7.34. The highest BCUT2D eigenvalue weighted by Crippen LogP contribution is 2.49. The van der Waals surface area contributed by atoms with E-state index in [9.17, 15) is 24.8 Å². The molecule has 2 amide bonds. The van der Waals surface area contributed by atoms with Gasteiger partial charge in [-0.25, -0.2) is 4.39 Å². The van der Waals surface area contributed by atoms with E-state index >= 15 is 4.39 Å². The summed E-state index contributed by atoms with van der Waals surface area (Å²) in [5.74, 6) is -2.15. The van der Waals surface area contributed by atoms with Gasteiger partial charge < -0.3 is 20.5 Å². The summed E-state index contributed by atoms with van der Waals surface area (Å²) in [7, 11) is 0. The first kappa shape index (κ1) is 27.4. The number of carboxylic acids is 1. The number of carboxylic acid groups (broad SMARTS) is 1. The average molecular weight is 540 g/mol. The summed E-state index contributed by atoms with van der Waals surface area (Å²) >= 11 is 0. The second kappa shape index (κ2) is 10.4. The number of hydrogen-bond acceptors (Lipinski definition) is 5. The van der Waals surface area contributed by atoms with Gasteiger partial charge in [0.2, 0.25) is 5.91 Å². The zero-order chi connectivity index (χ0) is 27.9. The number of amides is 2. The number of benzene rings is 1. The van der Waals surface area contributed by atoms with Gasteiger partial charge in [-0.3, -0.25) is 14.4 Å². The van der Waals surface area contributed by atoms with E-state index in [0.29, 0.717) is 32.2 Å². The molecule has 1 aromatic carbocycles. The van der Waals surface area contributed by atoms with Gasteiger partial charge in [0, 0.05) is 12.6 Å². The highest BCUT2D eigenvalue weighted by molar-refractivity contribution is 5.96. The van der Waals surface area contributed by atoms with Gasteiger partial charge in [-0.1, -0.05) is 13.3 Å². The van der Waals surface area contributed by atoms with Crippen molar-refractivity contribution in [2.24, 2.45) is 28.6 Å². The molecule has 4 fully saturated rings. The van der Waals surface area contributed by atoms with E-state index < -0.39 is 23.1 Å². The standard InChI is InChI=1S/C30H38FN3O5/c1-29(8-3-9-29)16-33-27(36)24-17-4-5-18(12-17)25(24)34-26(35)21-14-23(19(15-32)13-22(21)31)39-20-6-10-30(2,11-7-20)28(37)38/h13-14,17-18,20,24-25H,3-12,16H2,1-2H3,(H,33,36)(H,34,35)(H,37,38)/t17-,18+,20?,24+,25-,30?/m1/s1. The van der Waals surface area contributed by atoms with Gasteiger partial charge in [-0.2, -0.15) is 5.26 Å². The van der Waals surface area contributed by atoms with E-state index in [1.807, 2.05) is 6.07 Å². The summed E-state index contributed by atoms with van der Waals surface area (Å²) in [6.07, 6.45) is 7.63. The number of ether oxygens (including phenoxy) is 1. The number of aliphatic carboxylic acids is 1. The lowest BCUT2D eigenvalue weighted by Gasteiger charge is -2.39. The van der Waals surface area contributed by atoms with Crippen molar-refractivity contribution in [1.82, 2.24) is 10.6 Å². The van der Waals surface area contributed by atoms with Gasteiger partial charge in [0.25, 0.3) is 5.91 Å². The SMILES string of the molecule is CC1(CNC(=O)[C@H]2[C@@H]3CC[C@@H](C3)[C@H]2NC(=O)c2cc(OC3CCC(C)(C(=O)O)CC3)c(C#N)cc2F)CCC1. The molecule has 2 bridgehead atoms. The van der Waals surface area contributed by atoms with Gasteiger partial charge in [-0.15, -0.1) is 0 Å². The molecule has 0 spiro atoms. The van der Waals surface area contributed by atoms with E-state index in [1.54, 1.807) is 6.92 Å². The lowest BCUT2D eigenvalue weighted by molar-refractivity contribution is -0.150. The maximum atomic E-state index is 15.0. The Labute approximate surface area is 228 Å². The first-order chi connectivity index (χ1) is 18.5. The maximum absolute atomic E-state index is 15.0. The van der Waals surface area contributed by atoms with Gasteiger partial charge in [0.15, 0.2) is 0 Å². The molecule has 39 heavy (non-hydrogen) atoms. The van der Waals surface area contributed by atoms with E-state index in [0.717, 1.165) is 38.2 Å². The smallest absolute Gasteiger partial charge is 0.309 e. The van der Waals surface area contributed by atoms with E-state index in [4.69, 9.17) is 4.74 Å². The number of halogens is 1. The summed E-state index contributed by atoms with van der Waals surface area (Å²) in [6.45, 7) is 4.53. The predicted molar refractivity (Wildman–Crippen MR) is 140 cm³/mol. The maximum Gasteiger partial charge on any atom is 0.309 e. The molecule has 4 atom stereocenters. The molecule has 0 heterocycles. The minimum Gasteiger partial charge on any atom is -0.489 e. The third kappa shape index (κ3) is 5.35. The van der Waals surface area contributed by atoms with Crippen molar-refractivity contribution in [1.29, 1.82) is 5.26 Å². The number of fused-ring (bicyclic) bond motifs is 2. The van der Waals surface area contributed by atoms with Crippen LogP contribution in [0.5, 0.6) is 5.75 Å². The Morgan fingerprint density at radius 1 is 1.10 bits per heavy atom. The molecule has 0 aliphatic heterocycles. The molecule has 5 rings (SSSR count). The fraction of sp³-hybridized carbons (Fsp3) is 0.667. The van der Waals surface area contributed by atoms with Crippen molar-refractivity contribution < 1.29 is 28.6 Å². The Morgan fingerprint density at radius 3 is 2.41 bits per heavy atom. The summed E-state index contributed by atoms with van der Waals surface area (Å²) in [6, 6.07) is 3.86. The highest BCUT2D eigenvalue weighted by atomic mass is 19.1. The number of nitriles is 1. The second-order valence-electron chi connectivity index (χ2n) is 12.9. The van der Waals surface area contributed by atoms with E-state index in [2.05, 4.69) is 17.6 Å². The van der Waals surface area contributed by atoms with Crippen LogP contribution in [-0.4, -0.2) is 41.6 Å². The van der Waals surface area contributed by atoms with Crippen molar-refractivity contribution >= 4 is 17.8 Å². The van der Waals surface area contributed by atoms with Crippen LogP contribution >= 0.6 is 0 Å². The van der Waals surface area contributed by atoms with Crippen molar-refractivity contribution in [3.63, 3.8) is 0 Å². The molecule has 8 nitrogen and oxygen atoms in total. The molecule has 0 saturated heterocycles. The Morgan fingerprint density at radius 2 is 1.79 bits per heavy atom. The summed E-state index contributed by atoms with van der Waals surface area (Å²) in [5, 5.41) is 25.1. The lowest BCUT2D eigenvalue weighted by Crippen LogP contribution is -2.51. The topological polar surface area (TPSA) is 129 Å². The van der Waals surface area contributed by atoms with Crippen LogP contribution in [0, 0.1) is 45.7 Å². The van der Waals surface area contributed by atoms with Crippen LogP contribution < -0.4 is 15.4 Å². The summed E-state index contributed by atoms with van der Waals surface area (Å²) < 4.78 is 21.1. The Hall–Kier alpha value is -3.15. The van der Waals surface area contributed by atoms with Crippen molar-refractivity contribution in [3.8, 4) is 11.8 Å². The third-order valence-electron chi connectivity index (χ3n) is 10.0. The fourth-order valence-electron chi connectivity index (χ4n) is 7.13. The molecular weight excluding hydrogens is 501 g/mol. The summed E-state index contributed by atoms with van der Waals surface area (Å²) in [5.41, 5.74) is -0.903. The molecular formula is C30H38FN3O5. The Balaban J connectivity index is 1.28. The van der Waals surface area contributed by atoms with Crippen LogP contribution in [0.2, 0.25) is 0 Å². The average Bonchev–Trinajstić information content (AvgIpc) is 3.50. The minimum absolute atomic E-state index is 0.0164. The van der Waals surface area contributed by atoms with Crippen molar-refractivity contribution in [2.75, 3.05) is 6.54 Å². The van der Waals surface area contributed by atoms with E-state index in [-0.39, 0.29) is 58.1 Å². The number of hydrogen-bond donors (Lipinski definition) is 3. The largest absolute Gasteiger partial charge is 0.489 e. The number of nitrogens with zero attached hydrogens (tertiary/aromatic N) is 1. The zero-order valence-electron chi connectivity index (χ0n) is 22.7. The number of nitrogens with one attached hydrogen (secondary N) is 2. The first-order valence-electron chi connectivity index (χ1n) is 14.2. The normalized spacial score (nSPS) is 32.5. The third-order valence-corrected chi connectivity index (χ3v) is 10.0. The van der Waals surface area contributed by atoms with Crippen LogP contribution in [-0.2, 0) is 9.59 Å². The number of carbonyl (C=O) groups excluding carboxylic acids is 2. The predicted octanol–water partition coefficient (Wildman–Crippen LogP) is 4.56. The molecule has 0 radical (unpaired) electrons. The molecule has 0 aromatic heterocycles. The number of carbonyl (C=O) groups is 3. The molecule has 4 aliphatic rings. The molecule has 4 aliphatic carbocycles. The number of rotatable bonds is 8. The van der Waals surface area contributed by atoms with Crippen LogP contribution in [0.4, 0.5) is 4.39 Å². The molecule has 0 unspecified atom stereocenters. The monoisotopic (exact) mass is 539 g/mol. The molecule has 4 saturated carbocycles. The van der Waals surface area contributed by atoms with Crippen molar-refractivity contribution in [2.45, 2.75) is 90.2 Å². The highest BCUT2D eigenvalue weighted by Gasteiger charge is 2.51. The van der Waals surface area contributed by atoms with E-state index in [1.165, 1.54) is 12.5 Å². The molecule has 210 valence electrons. The zero-order valence-corrected chi connectivity index (χ0v) is 22.7. The van der Waals surface area contributed by atoms with Crippen LogP contribution in [0.1, 0.15) is 94.0 Å². The summed E-state index contributed by atoms with van der Waals surface area (Å²) in [4.78, 5) is 38.1. The first-order valence-corrected chi connectivity index (χ1v) is 14.2. The lowest BCUT2D eigenvalue weighted by atomic mass is 9.70. The van der Waals surface area contributed by atoms with Crippen LogP contribution in [0.25, 0.3) is 0 Å². The molecule has 3 N–H and O–H groups in total. The van der Waals surface area contributed by atoms with Gasteiger partial charge >= 0.3 is 5.97 Å². The van der Waals surface area contributed by atoms with Gasteiger partial charge in [0.1, 0.15) is 17.6 Å². The fourth-order valence-corrected chi connectivity index (χ4v) is 7.13. The Bertz CT molecular complexity index is 1200. The van der Waals surface area contributed by atoms with Crippen LogP contribution in [0.3, 0.4) is 0 Å².